The van der Waals surface area contributed by atoms with Crippen molar-refractivity contribution in [1.29, 1.82) is 0 Å². The first kappa shape index (κ1) is 24.3. The molecule has 0 unspecified atom stereocenters. The van der Waals surface area contributed by atoms with E-state index in [0.29, 0.717) is 40.9 Å². The van der Waals surface area contributed by atoms with Gasteiger partial charge in [0.15, 0.2) is 11.5 Å². The number of hydrogen-bond donors (Lipinski definition) is 2. The Labute approximate surface area is 201 Å². The molecule has 0 radical (unpaired) electrons. The highest BCUT2D eigenvalue weighted by molar-refractivity contribution is 5.95. The molecule has 0 aliphatic carbocycles. The van der Waals surface area contributed by atoms with Gasteiger partial charge in [0.25, 0.3) is 0 Å². The minimum atomic E-state index is -0.651. The van der Waals surface area contributed by atoms with Gasteiger partial charge in [0.05, 0.1) is 32.9 Å². The molecular formula is C25H36N4O5. The van der Waals surface area contributed by atoms with E-state index in [4.69, 9.17) is 14.2 Å². The summed E-state index contributed by atoms with van der Waals surface area (Å²) in [7, 11) is 4.48. The maximum absolute atomic E-state index is 12.9. The number of hydrogen-bond acceptors (Lipinski definition) is 7. The fraction of sp³-hybridized carbons (Fsp3) is 0.600. The molecule has 9 heteroatoms. The van der Waals surface area contributed by atoms with Crippen molar-refractivity contribution in [2.24, 2.45) is 0 Å². The summed E-state index contributed by atoms with van der Waals surface area (Å²) in [4.78, 5) is 30.4. The number of carbonyl (C=O) groups excluding carboxylic acids is 2. The molecule has 186 valence electrons. The Morgan fingerprint density at radius 3 is 2.35 bits per heavy atom. The number of urea groups is 1. The van der Waals surface area contributed by atoms with Crippen molar-refractivity contribution in [3.8, 4) is 11.5 Å². The second kappa shape index (κ2) is 11.1. The van der Waals surface area contributed by atoms with Crippen molar-refractivity contribution in [3.05, 3.63) is 35.0 Å². The number of carbonyl (C=O) groups is 2. The van der Waals surface area contributed by atoms with Crippen molar-refractivity contribution in [2.75, 3.05) is 54.1 Å². The van der Waals surface area contributed by atoms with E-state index in [1.54, 1.807) is 26.4 Å². The van der Waals surface area contributed by atoms with E-state index in [1.807, 2.05) is 6.07 Å². The molecule has 0 spiro atoms. The van der Waals surface area contributed by atoms with Gasteiger partial charge in [-0.1, -0.05) is 12.5 Å². The molecule has 2 fully saturated rings. The van der Waals surface area contributed by atoms with Crippen LogP contribution in [0.15, 0.2) is 29.5 Å². The lowest BCUT2D eigenvalue weighted by molar-refractivity contribution is -0.136. The molecule has 0 saturated carbocycles. The third kappa shape index (κ3) is 5.31. The average Bonchev–Trinajstić information content (AvgIpc) is 2.88. The van der Waals surface area contributed by atoms with Gasteiger partial charge in [-0.2, -0.15) is 0 Å². The molecule has 2 amide bonds. The maximum atomic E-state index is 12.9. The van der Waals surface area contributed by atoms with Crippen LogP contribution < -0.4 is 20.1 Å². The summed E-state index contributed by atoms with van der Waals surface area (Å²) in [5.41, 5.74) is 1.72. The maximum Gasteiger partial charge on any atom is 0.338 e. The molecule has 3 heterocycles. The quantitative estimate of drug-likeness (QED) is 0.589. The number of piperidine rings is 2. The van der Waals surface area contributed by atoms with E-state index < -0.39 is 12.0 Å². The number of esters is 1. The van der Waals surface area contributed by atoms with Crippen LogP contribution in [0.2, 0.25) is 0 Å². The van der Waals surface area contributed by atoms with Gasteiger partial charge in [-0.3, -0.25) is 4.90 Å². The number of nitrogens with zero attached hydrogens (tertiary/aromatic N) is 2. The van der Waals surface area contributed by atoms with Crippen LogP contribution in [0.1, 0.15) is 43.7 Å². The van der Waals surface area contributed by atoms with Crippen molar-refractivity contribution in [2.45, 2.75) is 44.2 Å². The molecule has 9 nitrogen and oxygen atoms in total. The molecule has 2 saturated heterocycles. The average molecular weight is 473 g/mol. The van der Waals surface area contributed by atoms with Crippen LogP contribution in [-0.2, 0) is 9.53 Å². The number of nitrogens with one attached hydrogen (secondary N) is 2. The molecule has 0 bridgehead atoms. The van der Waals surface area contributed by atoms with Crippen molar-refractivity contribution < 1.29 is 23.8 Å². The minimum absolute atomic E-state index is 0.342. The third-order valence-electron chi connectivity index (χ3n) is 7.15. The van der Waals surface area contributed by atoms with E-state index >= 15 is 0 Å². The van der Waals surface area contributed by atoms with Crippen LogP contribution in [0.3, 0.4) is 0 Å². The fourth-order valence-corrected chi connectivity index (χ4v) is 5.33. The van der Waals surface area contributed by atoms with Gasteiger partial charge in [-0.15, -0.1) is 0 Å². The van der Waals surface area contributed by atoms with Crippen LogP contribution in [-0.4, -0.2) is 81.9 Å². The van der Waals surface area contributed by atoms with Gasteiger partial charge >= 0.3 is 12.0 Å². The molecule has 1 atom stereocenters. The largest absolute Gasteiger partial charge is 0.493 e. The normalized spacial score (nSPS) is 22.7. The molecule has 3 aliphatic rings. The fourth-order valence-electron chi connectivity index (χ4n) is 5.33. The smallest absolute Gasteiger partial charge is 0.338 e. The van der Waals surface area contributed by atoms with E-state index in [-0.39, 0.29) is 6.03 Å². The van der Waals surface area contributed by atoms with E-state index in [1.165, 1.54) is 39.5 Å². The lowest BCUT2D eigenvalue weighted by Gasteiger charge is -2.41. The minimum Gasteiger partial charge on any atom is -0.493 e. The van der Waals surface area contributed by atoms with Crippen molar-refractivity contribution in [3.63, 3.8) is 0 Å². The molecule has 1 aromatic rings. The molecule has 34 heavy (non-hydrogen) atoms. The Bertz CT molecular complexity index is 920. The van der Waals surface area contributed by atoms with Gasteiger partial charge in [0.1, 0.15) is 0 Å². The predicted molar refractivity (Wildman–Crippen MR) is 128 cm³/mol. The number of rotatable bonds is 7. The van der Waals surface area contributed by atoms with Gasteiger partial charge < -0.3 is 29.7 Å². The Hall–Kier alpha value is -2.78. The van der Waals surface area contributed by atoms with Gasteiger partial charge in [-0.25, -0.2) is 9.59 Å². The first-order chi connectivity index (χ1) is 16.5. The Morgan fingerprint density at radius 1 is 1.00 bits per heavy atom. The SMILES string of the molecule is COC(=O)C1=C(CN2CCC(N3CCCCC3)CC2)NC(=O)N[C@H]1c1ccc(OC)c(OC)c1. The first-order valence-corrected chi connectivity index (χ1v) is 12.1. The molecule has 4 rings (SSSR count). The zero-order valence-electron chi connectivity index (χ0n) is 20.4. The third-order valence-corrected chi connectivity index (χ3v) is 7.15. The second-order valence-electron chi connectivity index (χ2n) is 9.13. The number of methoxy groups -OCH3 is 3. The van der Waals surface area contributed by atoms with Crippen molar-refractivity contribution >= 4 is 12.0 Å². The van der Waals surface area contributed by atoms with Gasteiger partial charge in [0.2, 0.25) is 0 Å². The van der Waals surface area contributed by atoms with E-state index in [9.17, 15) is 9.59 Å². The summed E-state index contributed by atoms with van der Waals surface area (Å²) in [6.07, 6.45) is 6.14. The Kier molecular flexibility index (Phi) is 7.95. The topological polar surface area (TPSA) is 92.4 Å². The summed E-state index contributed by atoms with van der Waals surface area (Å²) >= 11 is 0. The highest BCUT2D eigenvalue weighted by Gasteiger charge is 2.35. The summed E-state index contributed by atoms with van der Waals surface area (Å²) in [6, 6.07) is 5.00. The van der Waals surface area contributed by atoms with Gasteiger partial charge in [-0.05, 0) is 56.5 Å². The zero-order valence-corrected chi connectivity index (χ0v) is 20.4. The zero-order chi connectivity index (χ0) is 24.1. The Balaban J connectivity index is 1.55. The highest BCUT2D eigenvalue weighted by atomic mass is 16.5. The summed E-state index contributed by atoms with van der Waals surface area (Å²) < 4.78 is 15.9. The van der Waals surface area contributed by atoms with Gasteiger partial charge in [0, 0.05) is 31.4 Å². The number of likely N-dealkylation sites (tertiary alicyclic amines) is 2. The monoisotopic (exact) mass is 472 g/mol. The standard InChI is InChI=1S/C25H36N4O5/c1-32-20-8-7-17(15-21(20)33-2)23-22(24(30)34-3)19(26-25(31)27-23)16-28-13-9-18(10-14-28)29-11-5-4-6-12-29/h7-8,15,18,23H,4-6,9-14,16H2,1-3H3,(H2,26,27,31)/t23-/m0/s1. The van der Waals surface area contributed by atoms with E-state index in [0.717, 1.165) is 25.9 Å². The molecule has 1 aromatic carbocycles. The van der Waals surface area contributed by atoms with Crippen LogP contribution in [0.5, 0.6) is 11.5 Å². The second-order valence-corrected chi connectivity index (χ2v) is 9.13. The summed E-state index contributed by atoms with van der Waals surface area (Å²) in [5, 5.41) is 5.75. The lowest BCUT2D eigenvalue weighted by atomic mass is 9.94. The van der Waals surface area contributed by atoms with Crippen molar-refractivity contribution in [1.82, 2.24) is 20.4 Å². The number of ether oxygens (including phenoxy) is 3. The molecular weight excluding hydrogens is 436 g/mol. The highest BCUT2D eigenvalue weighted by Crippen LogP contribution is 2.34. The first-order valence-electron chi connectivity index (χ1n) is 12.1. The van der Waals surface area contributed by atoms with Crippen LogP contribution in [0.4, 0.5) is 4.79 Å². The predicted octanol–water partition coefficient (Wildman–Crippen LogP) is 2.44. The molecule has 3 aliphatic heterocycles. The van der Waals surface area contributed by atoms with Crippen LogP contribution >= 0.6 is 0 Å². The molecule has 0 aromatic heterocycles. The summed E-state index contributed by atoms with van der Waals surface area (Å²) in [6.45, 7) is 4.77. The lowest BCUT2D eigenvalue weighted by Crippen LogP contribution is -2.51. The van der Waals surface area contributed by atoms with Crippen LogP contribution in [0.25, 0.3) is 0 Å². The number of benzene rings is 1. The summed E-state index contributed by atoms with van der Waals surface area (Å²) in [5.74, 6) is 0.635. The number of amides is 2. The molecule has 2 N–H and O–H groups in total. The van der Waals surface area contributed by atoms with Crippen LogP contribution in [0, 0.1) is 0 Å². The van der Waals surface area contributed by atoms with E-state index in [2.05, 4.69) is 20.4 Å². The Morgan fingerprint density at radius 2 is 1.71 bits per heavy atom.